The Labute approximate surface area is 124 Å². The third-order valence-electron chi connectivity index (χ3n) is 4.23. The molecule has 0 radical (unpaired) electrons. The predicted molar refractivity (Wildman–Crippen MR) is 80.4 cm³/mol. The molecule has 0 aromatic heterocycles. The molecule has 1 aromatic rings. The third kappa shape index (κ3) is 2.58. The predicted octanol–water partition coefficient (Wildman–Crippen LogP) is 4.23. The monoisotopic (exact) mass is 299 g/mol. The topological polar surface area (TPSA) is 12.5 Å². The maximum atomic E-state index is 6.43. The van der Waals surface area contributed by atoms with Gasteiger partial charge in [-0.05, 0) is 24.5 Å². The van der Waals surface area contributed by atoms with Gasteiger partial charge in [0, 0.05) is 12.4 Å². The van der Waals surface area contributed by atoms with Gasteiger partial charge in [0.25, 0.3) is 0 Å². The van der Waals surface area contributed by atoms with Crippen LogP contribution in [0.1, 0.15) is 31.2 Å². The number of fused-ring (bicyclic) bond motifs is 1. The first-order valence-electron chi connectivity index (χ1n) is 7.03. The van der Waals surface area contributed by atoms with Gasteiger partial charge in [0.2, 0.25) is 0 Å². The van der Waals surface area contributed by atoms with Crippen molar-refractivity contribution in [3.63, 3.8) is 0 Å². The van der Waals surface area contributed by atoms with E-state index in [1.807, 2.05) is 12.1 Å². The Hall–Kier alpha value is -0.440. The van der Waals surface area contributed by atoms with Gasteiger partial charge in [-0.3, -0.25) is 0 Å². The van der Waals surface area contributed by atoms with Crippen LogP contribution in [0.3, 0.4) is 0 Å². The average molecular weight is 300 g/mol. The molecular formula is C15H19Cl2NO. The Balaban J connectivity index is 1.96. The Morgan fingerprint density at radius 2 is 2.11 bits per heavy atom. The fraction of sp³-hybridized carbons (Fsp3) is 0.600. The minimum absolute atomic E-state index is 0.363. The molecule has 0 spiro atoms. The van der Waals surface area contributed by atoms with Crippen LogP contribution in [-0.4, -0.2) is 25.3 Å². The van der Waals surface area contributed by atoms with E-state index in [0.717, 1.165) is 29.4 Å². The summed E-state index contributed by atoms with van der Waals surface area (Å²) in [7, 11) is 0. The van der Waals surface area contributed by atoms with Crippen LogP contribution in [0.25, 0.3) is 0 Å². The molecule has 2 nitrogen and oxygen atoms in total. The molecule has 19 heavy (non-hydrogen) atoms. The van der Waals surface area contributed by atoms with Crippen LogP contribution in [0, 0.1) is 0 Å². The smallest absolute Gasteiger partial charge is 0.0779 e. The van der Waals surface area contributed by atoms with Crippen molar-refractivity contribution in [3.05, 3.63) is 28.8 Å². The standard InChI is InChI=1S/C15H19Cl2NO/c16-10-11-4-3-5-12(17)15(11)18-8-9-19-14-7-2-1-6-13(14)18/h3-5,13-14H,1-2,6-10H2. The lowest BCUT2D eigenvalue weighted by Crippen LogP contribution is -2.53. The molecule has 1 saturated heterocycles. The van der Waals surface area contributed by atoms with Gasteiger partial charge in [-0.1, -0.05) is 36.6 Å². The van der Waals surface area contributed by atoms with Crippen molar-refractivity contribution in [3.8, 4) is 0 Å². The highest BCUT2D eigenvalue weighted by Crippen LogP contribution is 2.38. The van der Waals surface area contributed by atoms with Crippen LogP contribution in [-0.2, 0) is 10.6 Å². The SMILES string of the molecule is ClCc1cccc(Cl)c1N1CCOC2CCCCC21. The maximum absolute atomic E-state index is 6.43. The van der Waals surface area contributed by atoms with E-state index in [1.165, 1.54) is 25.7 Å². The number of morpholine rings is 1. The average Bonchev–Trinajstić information content (AvgIpc) is 2.46. The number of halogens is 2. The molecule has 2 fully saturated rings. The molecule has 4 heteroatoms. The number of anilines is 1. The highest BCUT2D eigenvalue weighted by atomic mass is 35.5. The Kier molecular flexibility index (Phi) is 4.21. The minimum atomic E-state index is 0.363. The van der Waals surface area contributed by atoms with Crippen molar-refractivity contribution < 1.29 is 4.74 Å². The zero-order valence-electron chi connectivity index (χ0n) is 10.9. The molecule has 0 bridgehead atoms. The lowest BCUT2D eigenvalue weighted by molar-refractivity contribution is -0.00871. The molecule has 104 valence electrons. The molecule has 1 saturated carbocycles. The Bertz CT molecular complexity index is 450. The second kappa shape index (κ2) is 5.90. The van der Waals surface area contributed by atoms with Crippen molar-refractivity contribution in [1.29, 1.82) is 0 Å². The van der Waals surface area contributed by atoms with Crippen molar-refractivity contribution in [1.82, 2.24) is 0 Å². The van der Waals surface area contributed by atoms with Gasteiger partial charge in [0.05, 0.1) is 29.5 Å². The quantitative estimate of drug-likeness (QED) is 0.758. The largest absolute Gasteiger partial charge is 0.374 e. The molecule has 3 rings (SSSR count). The summed E-state index contributed by atoms with van der Waals surface area (Å²) in [5.74, 6) is 0.505. The number of alkyl halides is 1. The van der Waals surface area contributed by atoms with Crippen molar-refractivity contribution in [2.45, 2.75) is 43.7 Å². The van der Waals surface area contributed by atoms with E-state index in [1.54, 1.807) is 0 Å². The van der Waals surface area contributed by atoms with Crippen molar-refractivity contribution >= 4 is 28.9 Å². The van der Waals surface area contributed by atoms with Crippen LogP contribution in [0.2, 0.25) is 5.02 Å². The second-order valence-electron chi connectivity index (χ2n) is 5.34. The van der Waals surface area contributed by atoms with Gasteiger partial charge in [-0.2, -0.15) is 0 Å². The second-order valence-corrected chi connectivity index (χ2v) is 6.01. The zero-order valence-corrected chi connectivity index (χ0v) is 12.5. The Morgan fingerprint density at radius 1 is 1.26 bits per heavy atom. The van der Waals surface area contributed by atoms with Gasteiger partial charge in [-0.15, -0.1) is 11.6 Å². The molecule has 2 unspecified atom stereocenters. The number of ether oxygens (including phenoxy) is 1. The van der Waals surface area contributed by atoms with Crippen LogP contribution >= 0.6 is 23.2 Å². The number of benzene rings is 1. The van der Waals surface area contributed by atoms with Gasteiger partial charge in [-0.25, -0.2) is 0 Å². The zero-order chi connectivity index (χ0) is 13.2. The van der Waals surface area contributed by atoms with E-state index in [2.05, 4.69) is 11.0 Å². The summed E-state index contributed by atoms with van der Waals surface area (Å²) in [5, 5.41) is 0.810. The van der Waals surface area contributed by atoms with E-state index in [0.29, 0.717) is 18.0 Å². The molecule has 2 aliphatic rings. The molecule has 1 aliphatic carbocycles. The highest BCUT2D eigenvalue weighted by Gasteiger charge is 2.35. The summed E-state index contributed by atoms with van der Waals surface area (Å²) in [6.45, 7) is 1.70. The Morgan fingerprint density at radius 3 is 2.95 bits per heavy atom. The molecule has 1 aromatic carbocycles. The summed E-state index contributed by atoms with van der Waals surface area (Å²) in [5.41, 5.74) is 2.25. The van der Waals surface area contributed by atoms with E-state index in [9.17, 15) is 0 Å². The van der Waals surface area contributed by atoms with E-state index in [4.69, 9.17) is 27.9 Å². The molecule has 0 amide bonds. The minimum Gasteiger partial charge on any atom is -0.374 e. The van der Waals surface area contributed by atoms with Crippen LogP contribution in [0.4, 0.5) is 5.69 Å². The molecule has 1 heterocycles. The van der Waals surface area contributed by atoms with E-state index < -0.39 is 0 Å². The fourth-order valence-corrected chi connectivity index (χ4v) is 3.88. The normalized spacial score (nSPS) is 27.2. The van der Waals surface area contributed by atoms with Crippen LogP contribution in [0.5, 0.6) is 0 Å². The fourth-order valence-electron chi connectivity index (χ4n) is 3.36. The van der Waals surface area contributed by atoms with Crippen molar-refractivity contribution in [2.75, 3.05) is 18.1 Å². The number of para-hydroxylation sites is 1. The third-order valence-corrected chi connectivity index (χ3v) is 4.83. The van der Waals surface area contributed by atoms with Crippen LogP contribution < -0.4 is 4.90 Å². The summed E-state index contributed by atoms with van der Waals surface area (Å²) < 4.78 is 5.93. The lowest BCUT2D eigenvalue weighted by Gasteiger charge is -2.45. The molecule has 1 aliphatic heterocycles. The number of rotatable bonds is 2. The first-order chi connectivity index (χ1) is 9.31. The molecule has 2 atom stereocenters. The van der Waals surface area contributed by atoms with E-state index in [-0.39, 0.29) is 0 Å². The number of nitrogens with zero attached hydrogens (tertiary/aromatic N) is 1. The lowest BCUT2D eigenvalue weighted by atomic mass is 9.89. The number of hydrogen-bond donors (Lipinski definition) is 0. The van der Waals surface area contributed by atoms with Gasteiger partial charge in [0.1, 0.15) is 0 Å². The first-order valence-corrected chi connectivity index (χ1v) is 7.94. The first kappa shape index (κ1) is 13.5. The maximum Gasteiger partial charge on any atom is 0.0779 e. The van der Waals surface area contributed by atoms with Gasteiger partial charge >= 0.3 is 0 Å². The summed E-state index contributed by atoms with van der Waals surface area (Å²) in [4.78, 5) is 2.44. The van der Waals surface area contributed by atoms with E-state index >= 15 is 0 Å². The van der Waals surface area contributed by atoms with Gasteiger partial charge < -0.3 is 9.64 Å². The highest BCUT2D eigenvalue weighted by molar-refractivity contribution is 6.33. The van der Waals surface area contributed by atoms with Crippen LogP contribution in [0.15, 0.2) is 18.2 Å². The molecule has 0 N–H and O–H groups in total. The number of hydrogen-bond acceptors (Lipinski definition) is 2. The summed E-state index contributed by atoms with van der Waals surface area (Å²) >= 11 is 12.5. The van der Waals surface area contributed by atoms with Crippen molar-refractivity contribution in [2.24, 2.45) is 0 Å². The molecular weight excluding hydrogens is 281 g/mol. The summed E-state index contributed by atoms with van der Waals surface area (Å²) in [6.07, 6.45) is 5.28. The van der Waals surface area contributed by atoms with Gasteiger partial charge in [0.15, 0.2) is 0 Å². The summed E-state index contributed by atoms with van der Waals surface area (Å²) in [6, 6.07) is 6.47.